The van der Waals surface area contributed by atoms with E-state index in [-0.39, 0.29) is 22.0 Å². The van der Waals surface area contributed by atoms with Crippen LogP contribution in [0.3, 0.4) is 0 Å². The SMILES string of the molecule is CCc1ccc(CC)c(C(=O)COC(=O)c2ccc(OC)c(S(N)(=O)=O)c2)c1. The Morgan fingerprint density at radius 1 is 1.04 bits per heavy atom. The Balaban J connectivity index is 2.20. The summed E-state index contributed by atoms with van der Waals surface area (Å²) in [6.07, 6.45) is 1.46. The summed E-state index contributed by atoms with van der Waals surface area (Å²) in [7, 11) is -2.80. The molecule has 0 radical (unpaired) electrons. The van der Waals surface area contributed by atoms with Crippen molar-refractivity contribution in [3.8, 4) is 5.75 Å². The van der Waals surface area contributed by atoms with Crippen molar-refractivity contribution in [2.75, 3.05) is 13.7 Å². The lowest BCUT2D eigenvalue weighted by Crippen LogP contribution is -2.17. The van der Waals surface area contributed by atoms with Crippen LogP contribution < -0.4 is 9.88 Å². The van der Waals surface area contributed by atoms with Crippen LogP contribution in [-0.2, 0) is 27.6 Å². The van der Waals surface area contributed by atoms with Gasteiger partial charge in [-0.2, -0.15) is 0 Å². The summed E-state index contributed by atoms with van der Waals surface area (Å²) in [5.41, 5.74) is 2.37. The molecule has 0 aliphatic carbocycles. The normalized spacial score (nSPS) is 11.1. The number of aryl methyl sites for hydroxylation is 2. The number of hydrogen-bond donors (Lipinski definition) is 1. The lowest BCUT2D eigenvalue weighted by atomic mass is 9.98. The number of ether oxygens (including phenoxy) is 2. The van der Waals surface area contributed by atoms with Gasteiger partial charge >= 0.3 is 5.97 Å². The van der Waals surface area contributed by atoms with Crippen LogP contribution in [0, 0.1) is 0 Å². The Kier molecular flexibility index (Phi) is 6.93. The number of sulfonamides is 1. The minimum Gasteiger partial charge on any atom is -0.495 e. The van der Waals surface area contributed by atoms with E-state index in [9.17, 15) is 18.0 Å². The summed E-state index contributed by atoms with van der Waals surface area (Å²) in [6, 6.07) is 9.38. The van der Waals surface area contributed by atoms with E-state index in [0.29, 0.717) is 12.0 Å². The first-order chi connectivity index (χ1) is 13.2. The summed E-state index contributed by atoms with van der Waals surface area (Å²) in [6.45, 7) is 3.48. The number of hydrogen-bond acceptors (Lipinski definition) is 6. The molecule has 2 rings (SSSR count). The second-order valence-electron chi connectivity index (χ2n) is 6.11. The summed E-state index contributed by atoms with van der Waals surface area (Å²) in [4.78, 5) is 24.5. The van der Waals surface area contributed by atoms with Crippen LogP contribution in [0.2, 0.25) is 0 Å². The van der Waals surface area contributed by atoms with E-state index in [4.69, 9.17) is 14.6 Å². The van der Waals surface area contributed by atoms with Crippen molar-refractivity contribution in [2.24, 2.45) is 5.14 Å². The minimum atomic E-state index is -4.09. The molecule has 0 heterocycles. The van der Waals surface area contributed by atoms with Crippen molar-refractivity contribution in [1.29, 1.82) is 0 Å². The summed E-state index contributed by atoms with van der Waals surface area (Å²) in [5.74, 6) is -1.13. The van der Waals surface area contributed by atoms with Gasteiger partial charge in [0.1, 0.15) is 10.6 Å². The molecular weight excluding hydrogens is 382 g/mol. The molecule has 7 nitrogen and oxygen atoms in total. The smallest absolute Gasteiger partial charge is 0.338 e. The Morgan fingerprint density at radius 3 is 2.32 bits per heavy atom. The van der Waals surface area contributed by atoms with Gasteiger partial charge in [0.15, 0.2) is 6.61 Å². The van der Waals surface area contributed by atoms with Crippen molar-refractivity contribution in [3.63, 3.8) is 0 Å². The molecule has 2 aromatic rings. The van der Waals surface area contributed by atoms with Crippen molar-refractivity contribution in [1.82, 2.24) is 0 Å². The first-order valence-electron chi connectivity index (χ1n) is 8.74. The van der Waals surface area contributed by atoms with Crippen LogP contribution in [-0.4, -0.2) is 33.9 Å². The largest absolute Gasteiger partial charge is 0.495 e. The summed E-state index contributed by atoms with van der Waals surface area (Å²) >= 11 is 0. The fraction of sp³-hybridized carbons (Fsp3) is 0.300. The average Bonchev–Trinajstić information content (AvgIpc) is 2.69. The molecule has 0 saturated carbocycles. The third-order valence-electron chi connectivity index (χ3n) is 4.30. The molecule has 0 bridgehead atoms. The summed E-state index contributed by atoms with van der Waals surface area (Å²) < 4.78 is 33.4. The molecule has 0 aliphatic rings. The maximum Gasteiger partial charge on any atom is 0.338 e. The third-order valence-corrected chi connectivity index (χ3v) is 5.24. The molecule has 150 valence electrons. The lowest BCUT2D eigenvalue weighted by Gasteiger charge is -2.11. The van der Waals surface area contributed by atoms with Gasteiger partial charge in [0.2, 0.25) is 15.8 Å². The molecule has 0 spiro atoms. The Morgan fingerprint density at radius 2 is 1.75 bits per heavy atom. The monoisotopic (exact) mass is 405 g/mol. The highest BCUT2D eigenvalue weighted by atomic mass is 32.2. The molecule has 0 fully saturated rings. The molecule has 2 aromatic carbocycles. The van der Waals surface area contributed by atoms with Crippen LogP contribution in [0.1, 0.15) is 45.7 Å². The number of nitrogens with two attached hydrogens (primary N) is 1. The van der Waals surface area contributed by atoms with Gasteiger partial charge in [-0.3, -0.25) is 4.79 Å². The van der Waals surface area contributed by atoms with E-state index in [1.54, 1.807) is 0 Å². The van der Waals surface area contributed by atoms with Crippen molar-refractivity contribution in [3.05, 3.63) is 58.7 Å². The third kappa shape index (κ3) is 4.96. The molecule has 28 heavy (non-hydrogen) atoms. The Hall–Kier alpha value is -2.71. The standard InChI is InChI=1S/C20H23NO6S/c1-4-13-6-7-14(5-2)16(10-13)17(22)12-27-20(23)15-8-9-18(26-3)19(11-15)28(21,24)25/h6-11H,4-5,12H2,1-3H3,(H2,21,24,25). The first kappa shape index (κ1) is 21.6. The maximum absolute atomic E-state index is 12.5. The van der Waals surface area contributed by atoms with Crippen LogP contribution in [0.15, 0.2) is 41.3 Å². The first-order valence-corrected chi connectivity index (χ1v) is 10.3. The molecule has 0 atom stereocenters. The fourth-order valence-electron chi connectivity index (χ4n) is 2.73. The topological polar surface area (TPSA) is 113 Å². The zero-order valence-electron chi connectivity index (χ0n) is 16.0. The second kappa shape index (κ2) is 8.99. The number of methoxy groups -OCH3 is 1. The minimum absolute atomic E-state index is 0.0131. The van der Waals surface area contributed by atoms with Gasteiger partial charge in [0.05, 0.1) is 12.7 Å². The average molecular weight is 405 g/mol. The van der Waals surface area contributed by atoms with Gasteiger partial charge in [-0.25, -0.2) is 18.4 Å². The number of Topliss-reactive ketones (excluding diaryl/α,β-unsaturated/α-hetero) is 1. The number of benzene rings is 2. The Labute approximate surface area is 164 Å². The van der Waals surface area contributed by atoms with Crippen LogP contribution in [0.5, 0.6) is 5.75 Å². The predicted octanol–water partition coefficient (Wildman–Crippen LogP) is 2.51. The number of rotatable bonds is 8. The number of carbonyl (C=O) groups excluding carboxylic acids is 2. The highest BCUT2D eigenvalue weighted by Gasteiger charge is 2.20. The second-order valence-corrected chi connectivity index (χ2v) is 7.64. The molecule has 8 heteroatoms. The zero-order chi connectivity index (χ0) is 20.9. The molecule has 0 saturated heterocycles. The van der Waals surface area contributed by atoms with Gasteiger partial charge in [-0.15, -0.1) is 0 Å². The van der Waals surface area contributed by atoms with Crippen molar-refractivity contribution >= 4 is 21.8 Å². The van der Waals surface area contributed by atoms with E-state index < -0.39 is 22.6 Å². The quantitative estimate of drug-likeness (QED) is 0.533. The van der Waals surface area contributed by atoms with Gasteiger partial charge in [0.25, 0.3) is 0 Å². The Bertz CT molecular complexity index is 998. The van der Waals surface area contributed by atoms with E-state index in [1.165, 1.54) is 19.2 Å². The molecular formula is C20H23NO6S. The van der Waals surface area contributed by atoms with Gasteiger partial charge in [-0.05, 0) is 48.2 Å². The molecule has 0 aromatic heterocycles. The van der Waals surface area contributed by atoms with E-state index in [2.05, 4.69) is 0 Å². The van der Waals surface area contributed by atoms with E-state index in [1.807, 2.05) is 32.0 Å². The van der Waals surface area contributed by atoms with E-state index in [0.717, 1.165) is 23.6 Å². The van der Waals surface area contributed by atoms with Gasteiger partial charge < -0.3 is 9.47 Å². The maximum atomic E-state index is 12.5. The van der Waals surface area contributed by atoms with Crippen LogP contribution in [0.4, 0.5) is 0 Å². The predicted molar refractivity (Wildman–Crippen MR) is 104 cm³/mol. The molecule has 0 amide bonds. The van der Waals surface area contributed by atoms with Crippen molar-refractivity contribution < 1.29 is 27.5 Å². The van der Waals surface area contributed by atoms with Crippen LogP contribution in [0.25, 0.3) is 0 Å². The number of primary sulfonamides is 1. The molecule has 2 N–H and O–H groups in total. The highest BCUT2D eigenvalue weighted by Crippen LogP contribution is 2.24. The van der Waals surface area contributed by atoms with Gasteiger partial charge in [-0.1, -0.05) is 26.0 Å². The zero-order valence-corrected chi connectivity index (χ0v) is 16.8. The van der Waals surface area contributed by atoms with E-state index >= 15 is 0 Å². The van der Waals surface area contributed by atoms with Crippen LogP contribution >= 0.6 is 0 Å². The number of esters is 1. The van der Waals surface area contributed by atoms with Gasteiger partial charge in [0, 0.05) is 5.56 Å². The lowest BCUT2D eigenvalue weighted by molar-refractivity contribution is 0.0474. The molecule has 0 unspecified atom stereocenters. The molecule has 0 aliphatic heterocycles. The number of ketones is 1. The summed E-state index contributed by atoms with van der Waals surface area (Å²) in [5, 5.41) is 5.15. The number of carbonyl (C=O) groups is 2. The van der Waals surface area contributed by atoms with Crippen molar-refractivity contribution in [2.45, 2.75) is 31.6 Å². The fourth-order valence-corrected chi connectivity index (χ4v) is 3.45. The highest BCUT2D eigenvalue weighted by molar-refractivity contribution is 7.89.